The first kappa shape index (κ1) is 12.7. The zero-order chi connectivity index (χ0) is 13.9. The van der Waals surface area contributed by atoms with E-state index in [1.807, 2.05) is 66.7 Å². The van der Waals surface area contributed by atoms with E-state index < -0.39 is 6.10 Å². The lowest BCUT2D eigenvalue weighted by atomic mass is 9.98. The molecule has 0 spiro atoms. The summed E-state index contributed by atoms with van der Waals surface area (Å²) in [4.78, 5) is 0. The third-order valence-corrected chi connectivity index (χ3v) is 3.50. The van der Waals surface area contributed by atoms with Crippen molar-refractivity contribution in [3.05, 3.63) is 77.9 Å². The molecule has 3 aromatic carbocycles. The van der Waals surface area contributed by atoms with E-state index in [4.69, 9.17) is 4.74 Å². The Morgan fingerprint density at radius 2 is 1.50 bits per heavy atom. The molecule has 0 fully saturated rings. The van der Waals surface area contributed by atoms with Gasteiger partial charge in [0.05, 0.1) is 7.11 Å². The van der Waals surface area contributed by atoms with Gasteiger partial charge in [-0.1, -0.05) is 48.5 Å². The summed E-state index contributed by atoms with van der Waals surface area (Å²) >= 11 is 0. The third-order valence-electron chi connectivity index (χ3n) is 3.50. The van der Waals surface area contributed by atoms with Gasteiger partial charge in [-0.25, -0.2) is 0 Å². The Labute approximate surface area is 118 Å². The van der Waals surface area contributed by atoms with Crippen molar-refractivity contribution in [2.45, 2.75) is 6.10 Å². The number of benzene rings is 3. The molecule has 0 aliphatic heterocycles. The van der Waals surface area contributed by atoms with Gasteiger partial charge in [0.1, 0.15) is 11.9 Å². The molecule has 0 amide bonds. The Morgan fingerprint density at radius 3 is 2.25 bits per heavy atom. The molecular formula is C18H16O2. The summed E-state index contributed by atoms with van der Waals surface area (Å²) in [5, 5.41) is 12.6. The average Bonchev–Trinajstić information content (AvgIpc) is 2.54. The van der Waals surface area contributed by atoms with Gasteiger partial charge < -0.3 is 9.84 Å². The molecule has 0 aliphatic rings. The van der Waals surface area contributed by atoms with Gasteiger partial charge in [0.25, 0.3) is 0 Å². The molecular weight excluding hydrogens is 248 g/mol. The fourth-order valence-electron chi connectivity index (χ4n) is 2.37. The predicted molar refractivity (Wildman–Crippen MR) is 81.0 cm³/mol. The smallest absolute Gasteiger partial charge is 0.119 e. The highest BCUT2D eigenvalue weighted by Crippen LogP contribution is 2.27. The average molecular weight is 264 g/mol. The van der Waals surface area contributed by atoms with Gasteiger partial charge in [0.2, 0.25) is 0 Å². The molecule has 0 heterocycles. The Hall–Kier alpha value is -2.32. The van der Waals surface area contributed by atoms with Gasteiger partial charge in [-0.05, 0) is 40.1 Å². The summed E-state index contributed by atoms with van der Waals surface area (Å²) in [6.45, 7) is 0. The Morgan fingerprint density at radius 1 is 0.800 bits per heavy atom. The molecule has 1 atom stereocenters. The molecule has 2 nitrogen and oxygen atoms in total. The topological polar surface area (TPSA) is 29.5 Å². The molecule has 0 saturated carbocycles. The maximum Gasteiger partial charge on any atom is 0.119 e. The quantitative estimate of drug-likeness (QED) is 0.776. The minimum Gasteiger partial charge on any atom is -0.497 e. The highest BCUT2D eigenvalue weighted by atomic mass is 16.5. The van der Waals surface area contributed by atoms with Crippen molar-refractivity contribution < 1.29 is 9.84 Å². The molecule has 0 aliphatic carbocycles. The highest BCUT2D eigenvalue weighted by molar-refractivity contribution is 5.84. The van der Waals surface area contributed by atoms with E-state index in [1.54, 1.807) is 7.11 Å². The first-order valence-electron chi connectivity index (χ1n) is 6.58. The third kappa shape index (κ3) is 2.38. The van der Waals surface area contributed by atoms with E-state index in [1.165, 1.54) is 0 Å². The van der Waals surface area contributed by atoms with Gasteiger partial charge >= 0.3 is 0 Å². The summed E-state index contributed by atoms with van der Waals surface area (Å²) in [7, 11) is 1.66. The maximum atomic E-state index is 10.4. The standard InChI is InChI=1S/C18H16O2/c1-20-17-10-9-14-11-16(8-7-15(14)12-17)18(19)13-5-3-2-4-6-13/h2-12,18-19H,1H3/t18-/m0/s1. The van der Waals surface area contributed by atoms with E-state index in [9.17, 15) is 5.11 Å². The number of hydrogen-bond acceptors (Lipinski definition) is 2. The fraction of sp³-hybridized carbons (Fsp3) is 0.111. The first-order chi connectivity index (χ1) is 9.78. The van der Waals surface area contributed by atoms with Gasteiger partial charge in [0.15, 0.2) is 0 Å². The molecule has 0 radical (unpaired) electrons. The minimum absolute atomic E-state index is 0.595. The summed E-state index contributed by atoms with van der Waals surface area (Å²) in [5.41, 5.74) is 1.80. The monoisotopic (exact) mass is 264 g/mol. The predicted octanol–water partition coefficient (Wildman–Crippen LogP) is 3.93. The van der Waals surface area contributed by atoms with Crippen molar-refractivity contribution in [3.8, 4) is 5.75 Å². The van der Waals surface area contributed by atoms with Crippen molar-refractivity contribution in [1.82, 2.24) is 0 Å². The van der Waals surface area contributed by atoms with Crippen LogP contribution in [0.2, 0.25) is 0 Å². The molecule has 0 saturated heterocycles. The lowest BCUT2D eigenvalue weighted by Gasteiger charge is -2.12. The summed E-state index contributed by atoms with van der Waals surface area (Å²) in [5.74, 6) is 0.842. The SMILES string of the molecule is COc1ccc2cc([C@@H](O)c3ccccc3)ccc2c1. The Kier molecular flexibility index (Phi) is 3.40. The minimum atomic E-state index is -0.595. The first-order valence-corrected chi connectivity index (χ1v) is 6.58. The molecule has 20 heavy (non-hydrogen) atoms. The van der Waals surface area contributed by atoms with Crippen molar-refractivity contribution in [2.75, 3.05) is 7.11 Å². The number of fused-ring (bicyclic) bond motifs is 1. The fourth-order valence-corrected chi connectivity index (χ4v) is 2.37. The van der Waals surface area contributed by atoms with Crippen LogP contribution in [0, 0.1) is 0 Å². The van der Waals surface area contributed by atoms with Gasteiger partial charge in [-0.3, -0.25) is 0 Å². The second-order valence-electron chi connectivity index (χ2n) is 4.79. The van der Waals surface area contributed by atoms with Crippen LogP contribution in [0.4, 0.5) is 0 Å². The lowest BCUT2D eigenvalue weighted by molar-refractivity contribution is 0.220. The normalized spacial score (nSPS) is 12.3. The van der Waals surface area contributed by atoms with Crippen LogP contribution in [0.15, 0.2) is 66.7 Å². The number of aliphatic hydroxyl groups is 1. The van der Waals surface area contributed by atoms with E-state index >= 15 is 0 Å². The number of aliphatic hydroxyl groups excluding tert-OH is 1. The molecule has 0 bridgehead atoms. The van der Waals surface area contributed by atoms with Crippen LogP contribution in [-0.4, -0.2) is 12.2 Å². The van der Waals surface area contributed by atoms with Crippen LogP contribution in [0.25, 0.3) is 10.8 Å². The molecule has 0 aromatic heterocycles. The van der Waals surface area contributed by atoms with Gasteiger partial charge in [0, 0.05) is 0 Å². The van der Waals surface area contributed by atoms with E-state index in [2.05, 4.69) is 0 Å². The highest BCUT2D eigenvalue weighted by Gasteiger charge is 2.10. The van der Waals surface area contributed by atoms with Crippen LogP contribution in [0.1, 0.15) is 17.2 Å². The molecule has 100 valence electrons. The molecule has 1 N–H and O–H groups in total. The van der Waals surface area contributed by atoms with Crippen molar-refractivity contribution in [2.24, 2.45) is 0 Å². The molecule has 3 rings (SSSR count). The number of methoxy groups -OCH3 is 1. The van der Waals surface area contributed by atoms with Crippen LogP contribution >= 0.6 is 0 Å². The number of ether oxygens (including phenoxy) is 1. The molecule has 3 aromatic rings. The van der Waals surface area contributed by atoms with Crippen LogP contribution in [-0.2, 0) is 0 Å². The Bertz CT molecular complexity index is 720. The van der Waals surface area contributed by atoms with Crippen molar-refractivity contribution in [1.29, 1.82) is 0 Å². The van der Waals surface area contributed by atoms with E-state index in [0.29, 0.717) is 0 Å². The summed E-state index contributed by atoms with van der Waals surface area (Å²) in [6.07, 6.45) is -0.595. The largest absolute Gasteiger partial charge is 0.497 e. The second-order valence-corrected chi connectivity index (χ2v) is 4.79. The lowest BCUT2D eigenvalue weighted by Crippen LogP contribution is -1.99. The van der Waals surface area contributed by atoms with E-state index in [0.717, 1.165) is 27.6 Å². The molecule has 2 heteroatoms. The van der Waals surface area contributed by atoms with Gasteiger partial charge in [-0.15, -0.1) is 0 Å². The van der Waals surface area contributed by atoms with Crippen molar-refractivity contribution in [3.63, 3.8) is 0 Å². The summed E-state index contributed by atoms with van der Waals surface area (Å²) < 4.78 is 5.22. The van der Waals surface area contributed by atoms with Crippen LogP contribution in [0.5, 0.6) is 5.75 Å². The maximum absolute atomic E-state index is 10.4. The Balaban J connectivity index is 2.01. The van der Waals surface area contributed by atoms with E-state index in [-0.39, 0.29) is 0 Å². The van der Waals surface area contributed by atoms with Crippen LogP contribution < -0.4 is 4.74 Å². The molecule has 0 unspecified atom stereocenters. The van der Waals surface area contributed by atoms with Crippen LogP contribution in [0.3, 0.4) is 0 Å². The second kappa shape index (κ2) is 5.35. The number of hydrogen-bond donors (Lipinski definition) is 1. The van der Waals surface area contributed by atoms with Gasteiger partial charge in [-0.2, -0.15) is 0 Å². The zero-order valence-corrected chi connectivity index (χ0v) is 11.3. The number of rotatable bonds is 3. The zero-order valence-electron chi connectivity index (χ0n) is 11.3. The summed E-state index contributed by atoms with van der Waals surface area (Å²) in [6, 6.07) is 21.6. The van der Waals surface area contributed by atoms with Crippen molar-refractivity contribution >= 4 is 10.8 Å².